The van der Waals surface area contributed by atoms with E-state index in [1.807, 2.05) is 42.5 Å². The lowest BCUT2D eigenvalue weighted by Gasteiger charge is -2.03. The van der Waals surface area contributed by atoms with Crippen molar-refractivity contribution in [3.63, 3.8) is 0 Å². The van der Waals surface area contributed by atoms with Crippen molar-refractivity contribution in [3.8, 4) is 17.2 Å². The van der Waals surface area contributed by atoms with Gasteiger partial charge in [-0.15, -0.1) is 10.2 Å². The zero-order valence-corrected chi connectivity index (χ0v) is 13.2. The van der Waals surface area contributed by atoms with Gasteiger partial charge in [0.25, 0.3) is 5.91 Å². The molecule has 6 nitrogen and oxygen atoms in total. The summed E-state index contributed by atoms with van der Waals surface area (Å²) >= 11 is 0. The minimum absolute atomic E-state index is 0.122. The van der Waals surface area contributed by atoms with Crippen molar-refractivity contribution < 1.29 is 13.9 Å². The van der Waals surface area contributed by atoms with E-state index in [-0.39, 0.29) is 5.91 Å². The molecule has 1 N–H and O–H groups in total. The van der Waals surface area contributed by atoms with E-state index in [1.54, 1.807) is 19.2 Å². The largest absolute Gasteiger partial charge is 0.497 e. The number of benzene rings is 2. The molecular formula is C18H17N3O3. The second-order valence-corrected chi connectivity index (χ2v) is 5.10. The van der Waals surface area contributed by atoms with E-state index in [1.165, 1.54) is 0 Å². The van der Waals surface area contributed by atoms with Crippen LogP contribution in [0.5, 0.6) is 5.75 Å². The van der Waals surface area contributed by atoms with Gasteiger partial charge in [-0.05, 0) is 30.3 Å². The van der Waals surface area contributed by atoms with Crippen LogP contribution in [0.4, 0.5) is 0 Å². The number of nitrogens with one attached hydrogen (secondary N) is 1. The Morgan fingerprint density at radius 1 is 1.12 bits per heavy atom. The highest BCUT2D eigenvalue weighted by Gasteiger charge is 2.10. The van der Waals surface area contributed by atoms with Gasteiger partial charge in [-0.1, -0.05) is 24.3 Å². The Balaban J connectivity index is 1.57. The van der Waals surface area contributed by atoms with Gasteiger partial charge in [0.15, 0.2) is 0 Å². The van der Waals surface area contributed by atoms with Gasteiger partial charge in [-0.2, -0.15) is 0 Å². The third-order valence-corrected chi connectivity index (χ3v) is 3.44. The molecule has 0 spiro atoms. The van der Waals surface area contributed by atoms with Gasteiger partial charge in [-0.25, -0.2) is 0 Å². The molecule has 1 amide bonds. The highest BCUT2D eigenvalue weighted by molar-refractivity contribution is 5.94. The van der Waals surface area contributed by atoms with Crippen molar-refractivity contribution in [1.29, 1.82) is 0 Å². The van der Waals surface area contributed by atoms with Crippen LogP contribution in [0, 0.1) is 0 Å². The predicted octanol–water partition coefficient (Wildman–Crippen LogP) is 2.72. The summed E-state index contributed by atoms with van der Waals surface area (Å²) in [6.07, 6.45) is 0.468. The smallest absolute Gasteiger partial charge is 0.251 e. The highest BCUT2D eigenvalue weighted by atomic mass is 16.5. The molecule has 6 heteroatoms. The molecule has 0 radical (unpaired) electrons. The average molecular weight is 323 g/mol. The first-order chi connectivity index (χ1) is 11.8. The quantitative estimate of drug-likeness (QED) is 0.755. The number of carbonyl (C=O) groups is 1. The van der Waals surface area contributed by atoms with Gasteiger partial charge in [0, 0.05) is 24.1 Å². The molecular weight excluding hydrogens is 306 g/mol. The molecule has 0 atom stereocenters. The Hall–Kier alpha value is -3.15. The number of methoxy groups -OCH3 is 1. The van der Waals surface area contributed by atoms with E-state index in [2.05, 4.69) is 15.5 Å². The third-order valence-electron chi connectivity index (χ3n) is 3.44. The van der Waals surface area contributed by atoms with Crippen LogP contribution < -0.4 is 10.1 Å². The van der Waals surface area contributed by atoms with E-state index in [4.69, 9.17) is 9.15 Å². The molecule has 0 saturated carbocycles. The lowest BCUT2D eigenvalue weighted by Crippen LogP contribution is -2.25. The van der Waals surface area contributed by atoms with E-state index < -0.39 is 0 Å². The first kappa shape index (κ1) is 15.7. The summed E-state index contributed by atoms with van der Waals surface area (Å²) in [5.74, 6) is 1.50. The molecule has 122 valence electrons. The first-order valence-electron chi connectivity index (χ1n) is 7.56. The molecule has 3 rings (SSSR count). The van der Waals surface area contributed by atoms with Crippen molar-refractivity contribution >= 4 is 5.91 Å². The highest BCUT2D eigenvalue weighted by Crippen LogP contribution is 2.22. The van der Waals surface area contributed by atoms with E-state index in [9.17, 15) is 4.79 Å². The molecule has 0 saturated heterocycles. The fourth-order valence-corrected chi connectivity index (χ4v) is 2.20. The molecule has 1 heterocycles. The standard InChI is InChI=1S/C18H17N3O3/c1-23-15-9-5-8-14(12-15)18-21-20-16(24-18)10-11-19-17(22)13-6-3-2-4-7-13/h2-9,12H,10-11H2,1H3,(H,19,22). The lowest BCUT2D eigenvalue weighted by molar-refractivity contribution is 0.0953. The Morgan fingerprint density at radius 2 is 1.96 bits per heavy atom. The van der Waals surface area contributed by atoms with Gasteiger partial charge in [0.1, 0.15) is 5.75 Å². The fourth-order valence-electron chi connectivity index (χ4n) is 2.20. The molecule has 24 heavy (non-hydrogen) atoms. The number of hydrogen-bond donors (Lipinski definition) is 1. The van der Waals surface area contributed by atoms with Crippen LogP contribution in [-0.4, -0.2) is 29.8 Å². The summed E-state index contributed by atoms with van der Waals surface area (Å²) in [5, 5.41) is 10.9. The average Bonchev–Trinajstić information content (AvgIpc) is 3.11. The van der Waals surface area contributed by atoms with Crippen molar-refractivity contribution in [3.05, 3.63) is 66.1 Å². The topological polar surface area (TPSA) is 77.3 Å². The number of rotatable bonds is 6. The number of ether oxygens (including phenoxy) is 1. The summed E-state index contributed by atoms with van der Waals surface area (Å²) in [7, 11) is 1.60. The summed E-state index contributed by atoms with van der Waals surface area (Å²) in [6, 6.07) is 16.5. The molecule has 3 aromatic rings. The molecule has 0 aliphatic heterocycles. The zero-order chi connectivity index (χ0) is 16.8. The van der Waals surface area contributed by atoms with Gasteiger partial charge < -0.3 is 14.5 Å². The van der Waals surface area contributed by atoms with Crippen LogP contribution in [-0.2, 0) is 6.42 Å². The van der Waals surface area contributed by atoms with Gasteiger partial charge in [0.2, 0.25) is 11.8 Å². The van der Waals surface area contributed by atoms with Gasteiger partial charge in [0.05, 0.1) is 7.11 Å². The second-order valence-electron chi connectivity index (χ2n) is 5.10. The van der Waals surface area contributed by atoms with Crippen LogP contribution >= 0.6 is 0 Å². The Morgan fingerprint density at radius 3 is 2.75 bits per heavy atom. The van der Waals surface area contributed by atoms with Crippen LogP contribution in [0.15, 0.2) is 59.0 Å². The zero-order valence-electron chi connectivity index (χ0n) is 13.2. The maximum absolute atomic E-state index is 11.9. The summed E-state index contributed by atoms with van der Waals surface area (Å²) in [4.78, 5) is 11.9. The first-order valence-corrected chi connectivity index (χ1v) is 7.56. The molecule has 0 fully saturated rings. The number of carbonyl (C=O) groups excluding carboxylic acids is 1. The van der Waals surface area contributed by atoms with Gasteiger partial charge >= 0.3 is 0 Å². The van der Waals surface area contributed by atoms with E-state index in [0.717, 1.165) is 11.3 Å². The maximum atomic E-state index is 11.9. The van der Waals surface area contributed by atoms with Crippen LogP contribution in [0.2, 0.25) is 0 Å². The van der Waals surface area contributed by atoms with E-state index in [0.29, 0.717) is 30.3 Å². The molecule has 0 aliphatic rings. The molecule has 0 bridgehead atoms. The summed E-state index contributed by atoms with van der Waals surface area (Å²) < 4.78 is 10.8. The number of aromatic nitrogens is 2. The van der Waals surface area contributed by atoms with Crippen molar-refractivity contribution in [2.24, 2.45) is 0 Å². The van der Waals surface area contributed by atoms with Crippen LogP contribution in [0.25, 0.3) is 11.5 Å². The minimum atomic E-state index is -0.122. The number of hydrogen-bond acceptors (Lipinski definition) is 5. The maximum Gasteiger partial charge on any atom is 0.251 e. The van der Waals surface area contributed by atoms with Crippen molar-refractivity contribution in [2.45, 2.75) is 6.42 Å². The van der Waals surface area contributed by atoms with Crippen molar-refractivity contribution in [2.75, 3.05) is 13.7 Å². The lowest BCUT2D eigenvalue weighted by atomic mass is 10.2. The Bertz CT molecular complexity index is 815. The summed E-state index contributed by atoms with van der Waals surface area (Å²) in [6.45, 7) is 0.424. The van der Waals surface area contributed by atoms with Crippen LogP contribution in [0.1, 0.15) is 16.2 Å². The third kappa shape index (κ3) is 3.78. The number of amides is 1. The molecule has 0 aliphatic carbocycles. The van der Waals surface area contributed by atoms with Crippen LogP contribution in [0.3, 0.4) is 0 Å². The van der Waals surface area contributed by atoms with Gasteiger partial charge in [-0.3, -0.25) is 4.79 Å². The molecule has 1 aromatic heterocycles. The predicted molar refractivity (Wildman–Crippen MR) is 88.8 cm³/mol. The Labute approximate surface area is 139 Å². The SMILES string of the molecule is COc1cccc(-c2nnc(CCNC(=O)c3ccccc3)o2)c1. The second kappa shape index (κ2) is 7.41. The minimum Gasteiger partial charge on any atom is -0.497 e. The van der Waals surface area contributed by atoms with E-state index >= 15 is 0 Å². The molecule has 2 aromatic carbocycles. The molecule has 0 unspecified atom stereocenters. The fraction of sp³-hybridized carbons (Fsp3) is 0.167. The monoisotopic (exact) mass is 323 g/mol. The van der Waals surface area contributed by atoms with Crippen molar-refractivity contribution in [1.82, 2.24) is 15.5 Å². The number of nitrogens with zero attached hydrogens (tertiary/aromatic N) is 2. The Kier molecular flexibility index (Phi) is 4.86. The normalized spacial score (nSPS) is 10.4. The summed E-state index contributed by atoms with van der Waals surface area (Å²) in [5.41, 5.74) is 1.42.